The number of carboxylic acids is 1. The maximum absolute atomic E-state index is 10.5. The highest BCUT2D eigenvalue weighted by molar-refractivity contribution is 5.76. The number of allylic oxidation sites excluding steroid dienone is 5. The van der Waals surface area contributed by atoms with E-state index >= 15 is 0 Å². The number of hydrogen-bond donors (Lipinski definition) is 5. The summed E-state index contributed by atoms with van der Waals surface area (Å²) in [6.45, 7) is 26.3. The molecule has 0 aliphatic carbocycles. The Morgan fingerprint density at radius 1 is 1.00 bits per heavy atom. The number of rotatable bonds is 8. The number of guanidine groups is 1. The second-order valence-electron chi connectivity index (χ2n) is 8.13. The Kier molecular flexibility index (Phi) is 53.5. The fourth-order valence-electron chi connectivity index (χ4n) is 1.65. The highest BCUT2D eigenvalue weighted by Crippen LogP contribution is 2.14. The van der Waals surface area contributed by atoms with Gasteiger partial charge in [-0.15, -0.1) is 0 Å². The van der Waals surface area contributed by atoms with Crippen LogP contribution in [-0.4, -0.2) is 49.0 Å². The molecule has 0 aliphatic heterocycles. The van der Waals surface area contributed by atoms with E-state index in [1.54, 1.807) is 6.92 Å². The summed E-state index contributed by atoms with van der Waals surface area (Å²) in [5.74, 6) is -0.491. The van der Waals surface area contributed by atoms with Gasteiger partial charge in [-0.05, 0) is 45.8 Å². The topological polar surface area (TPSA) is 160 Å². The van der Waals surface area contributed by atoms with Crippen LogP contribution in [0.4, 0.5) is 0 Å². The van der Waals surface area contributed by atoms with Crippen molar-refractivity contribution in [2.24, 2.45) is 16.5 Å². The molecule has 0 spiro atoms. The number of nitrogens with one attached hydrogen (secondary N) is 2. The van der Waals surface area contributed by atoms with Crippen LogP contribution in [0, 0.1) is 6.92 Å². The van der Waals surface area contributed by atoms with Gasteiger partial charge in [0.05, 0.1) is 0 Å². The average molecular weight is 594 g/mol. The SMILES string of the molecule is C=C(/C=C\C=C/C)c1ccc(C)cc1.CC.CCC.CCC(=O)NC(C)C.CCC(=O)O.CCNC=O.CN=C(N)N. The number of carbonyl (C=O) groups excluding carboxylic acids is 2. The van der Waals surface area contributed by atoms with Gasteiger partial charge in [-0.2, -0.15) is 0 Å². The van der Waals surface area contributed by atoms with E-state index in [0.29, 0.717) is 12.8 Å². The summed E-state index contributed by atoms with van der Waals surface area (Å²) in [4.78, 5) is 32.5. The quantitative estimate of drug-likeness (QED) is 0.0984. The van der Waals surface area contributed by atoms with E-state index in [-0.39, 0.29) is 24.3 Å². The van der Waals surface area contributed by atoms with E-state index in [9.17, 15) is 14.4 Å². The molecule has 0 aliphatic rings. The Bertz CT molecular complexity index is 827. The standard InChI is InChI=1S/C14H16.C6H13NO.C3H7NO.C3H6O2.C3H8.C2H7N3.C2H6/c1-4-5-6-7-13(3)14-10-8-12(2)9-11-14;1-4-6(8)7-5(2)3;1-2-4-3-5;1-2-3(4)5;1-3-2;1-5-2(3)4;1-2/h4-11H,3H2,1-2H3;5H,4H2,1-3H3,(H,7,8);3H,2H2,1H3,(H,4,5);2H2,1H3,(H,4,5);3H2,1-2H3;1H3,(H4,3,4,5);1-2H3/b5-4-,7-6-;;;;;;. The molecule has 0 bridgehead atoms. The molecule has 0 saturated heterocycles. The van der Waals surface area contributed by atoms with Crippen LogP contribution < -0.4 is 22.1 Å². The van der Waals surface area contributed by atoms with Crippen molar-refractivity contribution in [3.63, 3.8) is 0 Å². The van der Waals surface area contributed by atoms with E-state index in [1.807, 2.05) is 72.8 Å². The van der Waals surface area contributed by atoms with Gasteiger partial charge >= 0.3 is 5.97 Å². The van der Waals surface area contributed by atoms with Gasteiger partial charge in [-0.3, -0.25) is 19.4 Å². The maximum Gasteiger partial charge on any atom is 0.303 e. The lowest BCUT2D eigenvalue weighted by atomic mass is 10.1. The summed E-state index contributed by atoms with van der Waals surface area (Å²) in [7, 11) is 1.54. The lowest BCUT2D eigenvalue weighted by molar-refractivity contribution is -0.136. The summed E-state index contributed by atoms with van der Waals surface area (Å²) in [5.41, 5.74) is 13.1. The third-order valence-corrected chi connectivity index (χ3v) is 3.64. The first-order valence-electron chi connectivity index (χ1n) is 14.5. The first kappa shape index (κ1) is 50.9. The van der Waals surface area contributed by atoms with E-state index in [0.717, 1.165) is 12.1 Å². The highest BCUT2D eigenvalue weighted by atomic mass is 16.4. The molecule has 0 fully saturated rings. The molecule has 0 heterocycles. The Morgan fingerprint density at radius 3 is 1.64 bits per heavy atom. The van der Waals surface area contributed by atoms with Crippen molar-refractivity contribution >= 4 is 29.8 Å². The van der Waals surface area contributed by atoms with Crippen LogP contribution >= 0.6 is 0 Å². The predicted molar refractivity (Wildman–Crippen MR) is 184 cm³/mol. The minimum Gasteiger partial charge on any atom is -0.481 e. The largest absolute Gasteiger partial charge is 0.481 e. The lowest BCUT2D eigenvalue weighted by Gasteiger charge is -2.04. The molecule has 0 radical (unpaired) electrons. The van der Waals surface area contributed by atoms with Crippen LogP contribution in [0.2, 0.25) is 0 Å². The summed E-state index contributed by atoms with van der Waals surface area (Å²) < 4.78 is 0. The number of nitrogens with zero attached hydrogens (tertiary/aromatic N) is 1. The Balaban J connectivity index is -0.0000000996. The monoisotopic (exact) mass is 593 g/mol. The fourth-order valence-corrected chi connectivity index (χ4v) is 1.65. The highest BCUT2D eigenvalue weighted by Gasteiger charge is 1.96. The molecule has 0 aromatic heterocycles. The van der Waals surface area contributed by atoms with E-state index in [1.165, 1.54) is 24.6 Å². The van der Waals surface area contributed by atoms with Crippen molar-refractivity contribution in [2.45, 2.75) is 101 Å². The van der Waals surface area contributed by atoms with Crippen LogP contribution in [0.1, 0.15) is 99.6 Å². The molecular formula is C33H63N5O4. The fraction of sp³-hybridized carbons (Fsp3) is 0.515. The van der Waals surface area contributed by atoms with Crippen molar-refractivity contribution in [2.75, 3.05) is 13.6 Å². The van der Waals surface area contributed by atoms with Crippen molar-refractivity contribution in [3.05, 3.63) is 66.3 Å². The molecule has 2 amide bonds. The summed E-state index contributed by atoms with van der Waals surface area (Å²) in [6, 6.07) is 8.67. The number of carbonyl (C=O) groups is 3. The first-order valence-corrected chi connectivity index (χ1v) is 14.5. The zero-order valence-corrected chi connectivity index (χ0v) is 28.6. The Labute approximate surface area is 257 Å². The number of carboxylic acid groups (broad SMARTS) is 1. The molecule has 9 heteroatoms. The Morgan fingerprint density at radius 2 is 1.43 bits per heavy atom. The zero-order chi connectivity index (χ0) is 34.4. The van der Waals surface area contributed by atoms with Gasteiger partial charge in [0.15, 0.2) is 5.96 Å². The summed E-state index contributed by atoms with van der Waals surface area (Å²) >= 11 is 0. The van der Waals surface area contributed by atoms with Crippen LogP contribution in [0.15, 0.2) is 60.1 Å². The number of aliphatic carboxylic acids is 1. The molecule has 1 aromatic rings. The smallest absolute Gasteiger partial charge is 0.303 e. The van der Waals surface area contributed by atoms with Gasteiger partial charge in [0.25, 0.3) is 0 Å². The van der Waals surface area contributed by atoms with Gasteiger partial charge in [-0.25, -0.2) is 0 Å². The summed E-state index contributed by atoms with van der Waals surface area (Å²) in [6.07, 6.45) is 10.8. The normalized spacial score (nSPS) is 8.60. The Hall–Kier alpha value is -3.88. The van der Waals surface area contributed by atoms with Crippen LogP contribution in [0.25, 0.3) is 5.57 Å². The molecule has 9 nitrogen and oxygen atoms in total. The van der Waals surface area contributed by atoms with Crippen molar-refractivity contribution in [1.29, 1.82) is 0 Å². The number of benzene rings is 1. The molecule has 0 atom stereocenters. The second-order valence-corrected chi connectivity index (χ2v) is 8.13. The first-order chi connectivity index (χ1) is 19.8. The van der Waals surface area contributed by atoms with Crippen LogP contribution in [-0.2, 0) is 14.4 Å². The van der Waals surface area contributed by atoms with Crippen LogP contribution in [0.3, 0.4) is 0 Å². The molecule has 244 valence electrons. The van der Waals surface area contributed by atoms with Gasteiger partial charge in [0, 0.05) is 32.5 Å². The molecule has 7 N–H and O–H groups in total. The predicted octanol–water partition coefficient (Wildman–Crippen LogP) is 6.63. The van der Waals surface area contributed by atoms with Gasteiger partial charge in [0.2, 0.25) is 12.3 Å². The third-order valence-electron chi connectivity index (χ3n) is 3.64. The molecule has 1 aromatic carbocycles. The molecule has 42 heavy (non-hydrogen) atoms. The molecule has 1 rings (SSSR count). The number of aliphatic imine (C=N–C) groups is 1. The van der Waals surface area contributed by atoms with Crippen LogP contribution in [0.5, 0.6) is 0 Å². The van der Waals surface area contributed by atoms with E-state index in [2.05, 4.69) is 67.2 Å². The molecule has 0 saturated carbocycles. The van der Waals surface area contributed by atoms with Crippen molar-refractivity contribution < 1.29 is 19.5 Å². The van der Waals surface area contributed by atoms with Gasteiger partial charge in [0.1, 0.15) is 0 Å². The van der Waals surface area contributed by atoms with Gasteiger partial charge in [-0.1, -0.05) is 109 Å². The lowest BCUT2D eigenvalue weighted by Crippen LogP contribution is -2.29. The minimum absolute atomic E-state index is 0.125. The van der Waals surface area contributed by atoms with Crippen molar-refractivity contribution in [3.8, 4) is 0 Å². The number of amides is 2. The maximum atomic E-state index is 10.5. The average Bonchev–Trinajstić information content (AvgIpc) is 2.96. The number of nitrogens with two attached hydrogens (primary N) is 2. The molecular weight excluding hydrogens is 530 g/mol. The molecule has 0 unspecified atom stereocenters. The van der Waals surface area contributed by atoms with E-state index in [4.69, 9.17) is 16.6 Å². The minimum atomic E-state index is -0.745. The second kappa shape index (κ2) is 44.1. The summed E-state index contributed by atoms with van der Waals surface area (Å²) in [5, 5.41) is 12.9. The number of aryl methyl sites for hydroxylation is 1. The number of hydrogen-bond acceptors (Lipinski definition) is 4. The van der Waals surface area contributed by atoms with E-state index < -0.39 is 5.97 Å². The zero-order valence-electron chi connectivity index (χ0n) is 28.6. The van der Waals surface area contributed by atoms with Crippen molar-refractivity contribution in [1.82, 2.24) is 10.6 Å². The third kappa shape index (κ3) is 60.6. The van der Waals surface area contributed by atoms with Gasteiger partial charge < -0.3 is 27.2 Å².